The van der Waals surface area contributed by atoms with Crippen LogP contribution in [0.15, 0.2) is 17.8 Å². The maximum Gasteiger partial charge on any atom is 0.150 e. The summed E-state index contributed by atoms with van der Waals surface area (Å²) in [6.07, 6.45) is 2.87. The summed E-state index contributed by atoms with van der Waals surface area (Å²) in [5.41, 5.74) is 0.993. The van der Waals surface area contributed by atoms with Crippen LogP contribution in [-0.4, -0.2) is 28.8 Å². The number of thiophene rings is 1. The molecular formula is C11H11N3OS. The second-order valence-corrected chi connectivity index (χ2v) is 4.77. The van der Waals surface area contributed by atoms with Crippen molar-refractivity contribution >= 4 is 33.2 Å². The lowest BCUT2D eigenvalue weighted by Crippen LogP contribution is -2.34. The van der Waals surface area contributed by atoms with Crippen LogP contribution in [0, 0.1) is 0 Å². The summed E-state index contributed by atoms with van der Waals surface area (Å²) < 4.78 is 1.12. The molecule has 1 aliphatic rings. The van der Waals surface area contributed by atoms with E-state index < -0.39 is 0 Å². The van der Waals surface area contributed by atoms with Gasteiger partial charge in [0.05, 0.1) is 10.2 Å². The molecule has 0 radical (unpaired) electrons. The van der Waals surface area contributed by atoms with E-state index in [0.29, 0.717) is 18.6 Å². The van der Waals surface area contributed by atoms with Gasteiger partial charge in [0.25, 0.3) is 0 Å². The zero-order chi connectivity index (χ0) is 11.0. The van der Waals surface area contributed by atoms with Crippen LogP contribution < -0.4 is 4.90 Å². The molecule has 1 saturated heterocycles. The van der Waals surface area contributed by atoms with Gasteiger partial charge in [-0.05, 0) is 11.4 Å². The maximum atomic E-state index is 11.2. The smallest absolute Gasteiger partial charge is 0.150 e. The first-order chi connectivity index (χ1) is 7.84. The third-order valence-electron chi connectivity index (χ3n) is 2.85. The fourth-order valence-corrected chi connectivity index (χ4v) is 2.83. The highest BCUT2D eigenvalue weighted by Crippen LogP contribution is 2.28. The number of fused-ring (bicyclic) bond motifs is 1. The van der Waals surface area contributed by atoms with Gasteiger partial charge < -0.3 is 4.90 Å². The van der Waals surface area contributed by atoms with Crippen LogP contribution in [0.4, 0.5) is 5.82 Å². The Labute approximate surface area is 96.9 Å². The number of hydrogen-bond donors (Lipinski definition) is 0. The Bertz CT molecular complexity index is 527. The molecule has 3 heterocycles. The largest absolute Gasteiger partial charge is 0.354 e. The van der Waals surface area contributed by atoms with Crippen LogP contribution in [0.1, 0.15) is 12.8 Å². The summed E-state index contributed by atoms with van der Waals surface area (Å²) in [6.45, 7) is 1.56. The normalized spacial score (nSPS) is 17.0. The van der Waals surface area contributed by atoms with Gasteiger partial charge in [0.1, 0.15) is 17.9 Å². The molecule has 0 bridgehead atoms. The van der Waals surface area contributed by atoms with Crippen molar-refractivity contribution in [3.8, 4) is 0 Å². The lowest BCUT2D eigenvalue weighted by Gasteiger charge is -2.27. The molecule has 0 aliphatic carbocycles. The van der Waals surface area contributed by atoms with Crippen molar-refractivity contribution in [3.05, 3.63) is 17.8 Å². The lowest BCUT2D eigenvalue weighted by molar-refractivity contribution is -0.119. The lowest BCUT2D eigenvalue weighted by atomic mass is 10.1. The van der Waals surface area contributed by atoms with Crippen LogP contribution >= 0.6 is 11.3 Å². The molecule has 82 valence electrons. The monoisotopic (exact) mass is 233 g/mol. The van der Waals surface area contributed by atoms with Gasteiger partial charge in [-0.2, -0.15) is 0 Å². The first-order valence-corrected chi connectivity index (χ1v) is 6.17. The third kappa shape index (κ3) is 1.57. The van der Waals surface area contributed by atoms with Crippen LogP contribution in [0.3, 0.4) is 0 Å². The van der Waals surface area contributed by atoms with E-state index >= 15 is 0 Å². The Balaban J connectivity index is 1.99. The molecule has 5 heteroatoms. The molecule has 0 spiro atoms. The number of Topliss-reactive ketones (excluding diaryl/α,β-unsaturated/α-hetero) is 1. The number of carbonyl (C=O) groups is 1. The number of piperidine rings is 1. The van der Waals surface area contributed by atoms with E-state index in [0.717, 1.165) is 29.1 Å². The van der Waals surface area contributed by atoms with E-state index in [4.69, 9.17) is 0 Å². The average Bonchev–Trinajstić information content (AvgIpc) is 2.78. The molecule has 0 unspecified atom stereocenters. The predicted molar refractivity (Wildman–Crippen MR) is 63.9 cm³/mol. The maximum absolute atomic E-state index is 11.2. The minimum absolute atomic E-state index is 0.354. The second kappa shape index (κ2) is 3.83. The topological polar surface area (TPSA) is 46.1 Å². The molecule has 0 aromatic carbocycles. The molecule has 4 nitrogen and oxygen atoms in total. The third-order valence-corrected chi connectivity index (χ3v) is 3.74. The van der Waals surface area contributed by atoms with Crippen molar-refractivity contribution in [3.63, 3.8) is 0 Å². The van der Waals surface area contributed by atoms with Crippen molar-refractivity contribution in [1.82, 2.24) is 9.97 Å². The van der Waals surface area contributed by atoms with Crippen molar-refractivity contribution < 1.29 is 4.79 Å². The quantitative estimate of drug-likeness (QED) is 0.754. The number of rotatable bonds is 1. The van der Waals surface area contributed by atoms with Crippen molar-refractivity contribution in [2.24, 2.45) is 0 Å². The fraction of sp³-hybridized carbons (Fsp3) is 0.364. The van der Waals surface area contributed by atoms with Crippen LogP contribution in [0.2, 0.25) is 0 Å². The highest BCUT2D eigenvalue weighted by molar-refractivity contribution is 7.17. The highest BCUT2D eigenvalue weighted by atomic mass is 32.1. The van der Waals surface area contributed by atoms with E-state index in [2.05, 4.69) is 14.9 Å². The molecular weight excluding hydrogens is 222 g/mol. The number of anilines is 1. The standard InChI is InChI=1S/C11H11N3OS/c15-8-1-4-14(5-2-8)11-10-9(3-6-16-10)12-7-13-11/h3,6-7H,1-2,4-5H2. The summed E-state index contributed by atoms with van der Waals surface area (Å²) in [5, 5.41) is 2.03. The Hall–Kier alpha value is -1.49. The average molecular weight is 233 g/mol. The Morgan fingerprint density at radius 3 is 2.88 bits per heavy atom. The Morgan fingerprint density at radius 1 is 1.25 bits per heavy atom. The van der Waals surface area contributed by atoms with Gasteiger partial charge in [-0.25, -0.2) is 9.97 Å². The van der Waals surface area contributed by atoms with E-state index in [-0.39, 0.29) is 0 Å². The zero-order valence-corrected chi connectivity index (χ0v) is 9.54. The molecule has 2 aromatic rings. The fourth-order valence-electron chi connectivity index (χ4n) is 1.97. The molecule has 0 saturated carbocycles. The number of hydrogen-bond acceptors (Lipinski definition) is 5. The number of nitrogens with zero attached hydrogens (tertiary/aromatic N) is 3. The summed E-state index contributed by atoms with van der Waals surface area (Å²) in [6, 6.07) is 2.00. The molecule has 0 N–H and O–H groups in total. The summed E-state index contributed by atoms with van der Waals surface area (Å²) in [4.78, 5) is 21.9. The highest BCUT2D eigenvalue weighted by Gasteiger charge is 2.19. The number of ketones is 1. The van der Waals surface area contributed by atoms with Gasteiger partial charge >= 0.3 is 0 Å². The molecule has 0 amide bonds. The molecule has 3 rings (SSSR count). The molecule has 1 aliphatic heterocycles. The van der Waals surface area contributed by atoms with Crippen molar-refractivity contribution in [1.29, 1.82) is 0 Å². The summed E-state index contributed by atoms with van der Waals surface area (Å²) >= 11 is 1.66. The van der Waals surface area contributed by atoms with Crippen LogP contribution in [0.25, 0.3) is 10.2 Å². The second-order valence-electron chi connectivity index (χ2n) is 3.86. The van der Waals surface area contributed by atoms with Gasteiger partial charge in [0.2, 0.25) is 0 Å². The Morgan fingerprint density at radius 2 is 2.06 bits per heavy atom. The van der Waals surface area contributed by atoms with Gasteiger partial charge in [0.15, 0.2) is 0 Å². The van der Waals surface area contributed by atoms with E-state index in [1.54, 1.807) is 17.7 Å². The van der Waals surface area contributed by atoms with Gasteiger partial charge in [-0.1, -0.05) is 0 Å². The Kier molecular flexibility index (Phi) is 2.32. The number of aromatic nitrogens is 2. The predicted octanol–water partition coefficient (Wildman–Crippen LogP) is 1.86. The first kappa shape index (κ1) is 9.72. The minimum atomic E-state index is 0.354. The first-order valence-electron chi connectivity index (χ1n) is 5.29. The summed E-state index contributed by atoms with van der Waals surface area (Å²) in [7, 11) is 0. The van der Waals surface area contributed by atoms with Crippen LogP contribution in [0.5, 0.6) is 0 Å². The zero-order valence-electron chi connectivity index (χ0n) is 8.72. The van der Waals surface area contributed by atoms with Gasteiger partial charge in [0, 0.05) is 25.9 Å². The molecule has 1 fully saturated rings. The van der Waals surface area contributed by atoms with E-state index in [9.17, 15) is 4.79 Å². The van der Waals surface area contributed by atoms with Crippen molar-refractivity contribution in [2.75, 3.05) is 18.0 Å². The SMILES string of the molecule is O=C1CCN(c2ncnc3ccsc23)CC1. The summed E-state index contributed by atoms with van der Waals surface area (Å²) in [5.74, 6) is 1.33. The molecule has 0 atom stereocenters. The molecule has 2 aromatic heterocycles. The minimum Gasteiger partial charge on any atom is -0.354 e. The van der Waals surface area contributed by atoms with Gasteiger partial charge in [-0.15, -0.1) is 11.3 Å². The van der Waals surface area contributed by atoms with Crippen molar-refractivity contribution in [2.45, 2.75) is 12.8 Å². The van der Waals surface area contributed by atoms with E-state index in [1.807, 2.05) is 11.4 Å². The van der Waals surface area contributed by atoms with Crippen LogP contribution in [-0.2, 0) is 4.79 Å². The number of carbonyl (C=O) groups excluding carboxylic acids is 1. The van der Waals surface area contributed by atoms with E-state index in [1.165, 1.54) is 0 Å². The molecule has 16 heavy (non-hydrogen) atoms. The van der Waals surface area contributed by atoms with Gasteiger partial charge in [-0.3, -0.25) is 4.79 Å².